The number of nitrogens with one attached hydrogen (secondary N) is 1. The molecule has 0 unspecified atom stereocenters. The molecule has 0 atom stereocenters. The second kappa shape index (κ2) is 90.5. The summed E-state index contributed by atoms with van der Waals surface area (Å²) in [5.41, 5.74) is 27.3. The number of azide groups is 1. The first kappa shape index (κ1) is 98.3. The standard InChI is InChI=1S/C16H26O6S.C14H29NO5.C9H19N3O3.C9H21NO3.C9H20O4.CH3F.N3.Na/c1-15-5-7-16(8-6-15)23(18,19)22-14-4-13-21-12-3-11-20-10-2-9-17;1-14(2,3)20-13(17)15-7-4-9-18-11-6-12-19-10-5-8-16;10-12-11-4-1-6-14-8-3-9-15-7-2-5-13;2*10-4-1-6-12-8-3-9-13-7-2-5-11;1-2;1-3-2;/h5-8,17H,2-4,9-14H2,1H3;16H,4-12H2,1-3H3,(H,15,17);13H,1-9H2;11H,1-10H2;10-11H,1-9H2;1H3;;/q;;;;;;-1;+1/i;;;;;1D;;. The molecule has 1 aromatic rings. The maximum atomic E-state index is 11.9. The van der Waals surface area contributed by atoms with Gasteiger partial charge < -0.3 is 105 Å². The van der Waals surface area contributed by atoms with Crippen LogP contribution < -0.4 is 40.6 Å². The minimum absolute atomic E-state index is 0. The molecule has 0 saturated carbocycles. The van der Waals surface area contributed by atoms with Gasteiger partial charge in [0.2, 0.25) is 0 Å². The van der Waals surface area contributed by atoms with E-state index in [4.69, 9.17) is 111 Å². The summed E-state index contributed by atoms with van der Waals surface area (Å²) in [5, 5.41) is 57.0. The maximum Gasteiger partial charge on any atom is 1.00 e. The van der Waals surface area contributed by atoms with Crippen molar-refractivity contribution in [3.63, 3.8) is 0 Å². The molecule has 32 heteroatoms. The number of rotatable bonds is 55. The fourth-order valence-electron chi connectivity index (χ4n) is 5.58. The van der Waals surface area contributed by atoms with Crippen LogP contribution in [0.1, 0.15) is 124 Å². The van der Waals surface area contributed by atoms with Gasteiger partial charge in [-0.25, -0.2) is 4.79 Å². The number of ether oxygens (including phenoxy) is 11. The van der Waals surface area contributed by atoms with Crippen LogP contribution in [0.3, 0.4) is 0 Å². The van der Waals surface area contributed by atoms with Crippen LogP contribution in [0.25, 0.3) is 26.4 Å². The van der Waals surface area contributed by atoms with E-state index in [9.17, 15) is 17.6 Å². The topological polar surface area (TPSA) is 429 Å². The number of alkyl carbamates (subject to hydrolysis) is 1. The van der Waals surface area contributed by atoms with Gasteiger partial charge in [0.25, 0.3) is 10.1 Å². The number of benzene rings is 1. The van der Waals surface area contributed by atoms with Crippen molar-refractivity contribution in [3.8, 4) is 0 Å². The Morgan fingerprint density at radius 1 is 0.522 bits per heavy atom. The number of aliphatic hydroxyl groups is 6. The minimum Gasteiger partial charge on any atom is -0.444 e. The summed E-state index contributed by atoms with van der Waals surface area (Å²) in [6.07, 6.45) is 10.9. The minimum atomic E-state index is -3.68. The predicted molar refractivity (Wildman–Crippen MR) is 339 cm³/mol. The number of hydrogen-bond donors (Lipinski definition) is 8. The third-order valence-corrected chi connectivity index (χ3v) is 11.1. The number of alkyl halides is 1. The van der Waals surface area contributed by atoms with E-state index in [0.29, 0.717) is 184 Å². The molecule has 1 aromatic carbocycles. The summed E-state index contributed by atoms with van der Waals surface area (Å²) in [6, 6.07) is 6.56. The number of nitrogens with two attached hydrogens (primary N) is 1. The van der Waals surface area contributed by atoms with Gasteiger partial charge in [0.1, 0.15) is 5.60 Å². The van der Waals surface area contributed by atoms with Crippen molar-refractivity contribution in [1.29, 1.82) is 0 Å². The SMILES string of the molecule is CC(C)(C)OC(=O)NCCCOCCCOCCCO.Cc1ccc(S(=O)(=O)OCCCOCCCOCCCO)cc1.NCCCOCCCOCCCO.OCCCOCCCOCCCO.[2H]CF.[N-]=[N+]=NCCCOCCCOCCCO.[N-]=[N+]=[N-].[Na+]. The second-order valence-corrected chi connectivity index (χ2v) is 20.7. The van der Waals surface area contributed by atoms with Crippen LogP contribution in [-0.2, 0) is 66.4 Å². The van der Waals surface area contributed by atoms with Crippen LogP contribution in [0.2, 0.25) is 0 Å². The van der Waals surface area contributed by atoms with E-state index in [2.05, 4.69) is 15.3 Å². The smallest absolute Gasteiger partial charge is 0.444 e. The first-order valence-corrected chi connectivity index (χ1v) is 31.9. The van der Waals surface area contributed by atoms with Crippen molar-refractivity contribution in [2.24, 2.45) is 10.8 Å². The van der Waals surface area contributed by atoms with Crippen LogP contribution >= 0.6 is 0 Å². The molecule has 0 aromatic heterocycles. The van der Waals surface area contributed by atoms with Gasteiger partial charge in [-0.1, -0.05) is 22.8 Å². The number of halogens is 1. The summed E-state index contributed by atoms with van der Waals surface area (Å²) in [6.45, 7) is 22.9. The molecule has 90 heavy (non-hydrogen) atoms. The average Bonchev–Trinajstić information content (AvgIpc) is 1.91. The quantitative estimate of drug-likeness (QED) is 0.0115. The predicted octanol–water partition coefficient (Wildman–Crippen LogP) is 3.87. The van der Waals surface area contributed by atoms with E-state index < -0.39 is 29.0 Å². The Morgan fingerprint density at radius 3 is 1.07 bits per heavy atom. The van der Waals surface area contributed by atoms with Gasteiger partial charge in [0.05, 0.1) is 20.0 Å². The molecule has 0 radical (unpaired) electrons. The number of amides is 1. The van der Waals surface area contributed by atoms with E-state index in [0.717, 1.165) is 70.1 Å². The molecule has 29 nitrogen and oxygen atoms in total. The van der Waals surface area contributed by atoms with Crippen LogP contribution in [0.15, 0.2) is 34.3 Å². The zero-order valence-corrected chi connectivity index (χ0v) is 58.0. The fourth-order valence-corrected chi connectivity index (χ4v) is 6.53. The van der Waals surface area contributed by atoms with E-state index >= 15 is 0 Å². The summed E-state index contributed by atoms with van der Waals surface area (Å²) in [5.74, 6) is 0. The summed E-state index contributed by atoms with van der Waals surface area (Å²) < 4.78 is 102. The fraction of sp³-hybridized carbons (Fsp3) is 0.879. The normalized spacial score (nSPS) is 10.6. The molecule has 0 heterocycles. The maximum absolute atomic E-state index is 11.9. The first-order valence-electron chi connectivity index (χ1n) is 31.2. The van der Waals surface area contributed by atoms with E-state index in [1.54, 1.807) is 12.1 Å². The number of hydrogen-bond acceptors (Lipinski definition) is 23. The van der Waals surface area contributed by atoms with Gasteiger partial charge >= 0.3 is 35.7 Å². The van der Waals surface area contributed by atoms with Gasteiger partial charge in [-0.2, -0.15) is 8.42 Å². The van der Waals surface area contributed by atoms with E-state index in [1.165, 1.54) is 17.0 Å². The zero-order valence-electron chi connectivity index (χ0n) is 56.2. The monoisotopic (exact) mass is 1340 g/mol. The van der Waals surface area contributed by atoms with Crippen LogP contribution in [0.4, 0.5) is 9.18 Å². The molecule has 0 bridgehead atoms. The Morgan fingerprint density at radius 2 is 0.789 bits per heavy atom. The third kappa shape index (κ3) is 101. The van der Waals surface area contributed by atoms with Crippen molar-refractivity contribution in [3.05, 3.63) is 56.2 Å². The molecule has 0 fully saturated rings. The van der Waals surface area contributed by atoms with Gasteiger partial charge in [-0.15, -0.1) is 0 Å². The Labute approximate surface area is 560 Å². The van der Waals surface area contributed by atoms with E-state index in [1.807, 2.05) is 27.7 Å². The van der Waals surface area contributed by atoms with Crippen molar-refractivity contribution in [1.82, 2.24) is 5.32 Å². The molecule has 1 amide bonds. The van der Waals surface area contributed by atoms with E-state index in [-0.39, 0.29) is 80.7 Å². The average molecular weight is 1340 g/mol. The number of aryl methyl sites for hydroxylation is 1. The third-order valence-electron chi connectivity index (χ3n) is 9.79. The molecule has 9 N–H and O–H groups in total. The summed E-state index contributed by atoms with van der Waals surface area (Å²) in [4.78, 5) is 15.6. The molecular formula is C58H118FN8NaO21S. The second-order valence-electron chi connectivity index (χ2n) is 19.1. The first-order chi connectivity index (χ1) is 43.6. The van der Waals surface area contributed by atoms with Gasteiger partial charge in [-0.3, -0.25) is 13.5 Å². The molecule has 1 rings (SSSR count). The Kier molecular flexibility index (Phi) is 98.8. The molecule has 0 aliphatic carbocycles. The zero-order chi connectivity index (χ0) is 68.4. The molecule has 0 aliphatic rings. The Hall–Kier alpha value is -2.73. The Bertz CT molecular complexity index is 1690. The summed E-state index contributed by atoms with van der Waals surface area (Å²) >= 11 is 0. The van der Waals surface area contributed by atoms with Crippen LogP contribution in [0, 0.1) is 6.92 Å². The number of nitrogens with zero attached hydrogens (tertiary/aromatic N) is 6. The molecule has 0 aliphatic heterocycles. The number of carbonyl (C=O) groups is 1. The van der Waals surface area contributed by atoms with Crippen molar-refractivity contribution in [2.75, 3.05) is 205 Å². The largest absolute Gasteiger partial charge is 1.00 e. The van der Waals surface area contributed by atoms with Crippen molar-refractivity contribution < 1.29 is 135 Å². The van der Waals surface area contributed by atoms with Gasteiger partial charge in [0, 0.05) is 190 Å². The molecule has 530 valence electrons. The van der Waals surface area contributed by atoms with Crippen LogP contribution in [-0.4, -0.2) is 256 Å². The molecular weight excluding hydrogens is 1220 g/mol. The van der Waals surface area contributed by atoms with Gasteiger partial charge in [-0.05, 0) is 148 Å². The van der Waals surface area contributed by atoms with Crippen molar-refractivity contribution in [2.45, 2.75) is 135 Å². The van der Waals surface area contributed by atoms with Crippen LogP contribution in [0.5, 0.6) is 0 Å². The van der Waals surface area contributed by atoms with Crippen molar-refractivity contribution >= 4 is 16.2 Å². The number of carbonyl (C=O) groups excluding carboxylic acids is 1. The number of aliphatic hydroxyl groups excluding tert-OH is 6. The molecule has 0 saturated heterocycles. The van der Waals surface area contributed by atoms with Gasteiger partial charge in [0.15, 0.2) is 0 Å². The Balaban J connectivity index is -0.000000192. The molecule has 0 spiro atoms. The summed E-state index contributed by atoms with van der Waals surface area (Å²) in [7, 11) is -4.68.